The monoisotopic (exact) mass is 456 g/mol. The number of halogens is 1. The van der Waals surface area contributed by atoms with Crippen molar-refractivity contribution < 1.29 is 18.6 Å². The molecule has 0 radical (unpaired) electrons. The van der Waals surface area contributed by atoms with Crippen LogP contribution >= 0.6 is 0 Å². The van der Waals surface area contributed by atoms with Crippen molar-refractivity contribution in [2.75, 3.05) is 19.5 Å². The fraction of sp³-hybridized carbons (Fsp3) is 0.154. The highest BCUT2D eigenvalue weighted by molar-refractivity contribution is 5.85. The summed E-state index contributed by atoms with van der Waals surface area (Å²) in [5.41, 5.74) is 3.77. The van der Waals surface area contributed by atoms with E-state index >= 15 is 4.39 Å². The van der Waals surface area contributed by atoms with E-state index in [2.05, 4.69) is 15.4 Å². The van der Waals surface area contributed by atoms with Gasteiger partial charge in [-0.1, -0.05) is 30.3 Å². The third-order valence-corrected chi connectivity index (χ3v) is 6.24. The molecular weight excluding hydrogens is 435 g/mol. The number of nitrogens with one attached hydrogen (secondary N) is 1. The van der Waals surface area contributed by atoms with E-state index < -0.39 is 12.1 Å². The lowest BCUT2D eigenvalue weighted by Crippen LogP contribution is -2.33. The first-order valence-corrected chi connectivity index (χ1v) is 10.8. The number of para-hydroxylation sites is 1. The molecule has 0 amide bonds. The van der Waals surface area contributed by atoms with Crippen LogP contribution in [0, 0.1) is 5.82 Å². The molecule has 0 unspecified atom stereocenters. The number of nitrogens with zero attached hydrogens (tertiary/aromatic N) is 3. The summed E-state index contributed by atoms with van der Waals surface area (Å²) in [5.74, 6) is 2.17. The molecule has 0 bridgehead atoms. The van der Waals surface area contributed by atoms with Gasteiger partial charge in [0.05, 0.1) is 19.9 Å². The molecule has 4 aromatic rings. The van der Waals surface area contributed by atoms with Crippen molar-refractivity contribution in [1.29, 1.82) is 0 Å². The molecule has 0 fully saturated rings. The first-order chi connectivity index (χ1) is 16.7. The van der Waals surface area contributed by atoms with Crippen molar-refractivity contribution in [1.82, 2.24) is 14.8 Å². The summed E-state index contributed by atoms with van der Waals surface area (Å²) in [6.07, 6.45) is 0.880. The number of anilines is 1. The second-order valence-electron chi connectivity index (χ2n) is 8.01. The smallest absolute Gasteiger partial charge is 0.226 e. The van der Waals surface area contributed by atoms with Crippen molar-refractivity contribution >= 4 is 11.6 Å². The van der Waals surface area contributed by atoms with Gasteiger partial charge >= 0.3 is 0 Å². The number of benzene rings is 3. The number of fused-ring (bicyclic) bond motifs is 3. The summed E-state index contributed by atoms with van der Waals surface area (Å²) >= 11 is 0. The molecule has 0 saturated carbocycles. The highest BCUT2D eigenvalue weighted by atomic mass is 19.1. The minimum atomic E-state index is -0.583. The van der Waals surface area contributed by atoms with Crippen molar-refractivity contribution in [3.05, 3.63) is 101 Å². The Bertz CT molecular complexity index is 1430. The lowest BCUT2D eigenvalue weighted by atomic mass is 9.84. The van der Waals surface area contributed by atoms with Crippen LogP contribution in [0.15, 0.2) is 78.6 Å². The molecular formula is C26H21FN4O3. The van der Waals surface area contributed by atoms with Gasteiger partial charge in [-0.2, -0.15) is 10.1 Å². The van der Waals surface area contributed by atoms with Gasteiger partial charge in [0, 0.05) is 28.3 Å². The van der Waals surface area contributed by atoms with E-state index in [9.17, 15) is 0 Å². The Morgan fingerprint density at radius 1 is 0.971 bits per heavy atom. The molecule has 7 nitrogen and oxygen atoms in total. The molecule has 3 heterocycles. The topological polar surface area (TPSA) is 70.4 Å². The average Bonchev–Trinajstić information content (AvgIpc) is 3.35. The van der Waals surface area contributed by atoms with Crippen LogP contribution in [0.3, 0.4) is 0 Å². The fourth-order valence-electron chi connectivity index (χ4n) is 4.71. The summed E-state index contributed by atoms with van der Waals surface area (Å²) in [7, 11) is 3.21. The van der Waals surface area contributed by atoms with E-state index in [1.165, 1.54) is 12.4 Å². The molecule has 0 saturated heterocycles. The molecule has 1 N–H and O–H groups in total. The first kappa shape index (κ1) is 20.3. The molecule has 2 atom stereocenters. The van der Waals surface area contributed by atoms with Crippen molar-refractivity contribution in [2.45, 2.75) is 12.1 Å². The second-order valence-corrected chi connectivity index (χ2v) is 8.01. The number of ether oxygens (including phenoxy) is 3. The maximum absolute atomic E-state index is 15.2. The third kappa shape index (κ3) is 3.02. The summed E-state index contributed by atoms with van der Waals surface area (Å²) in [6, 6.07) is 19.5. The van der Waals surface area contributed by atoms with E-state index in [4.69, 9.17) is 14.2 Å². The third-order valence-electron chi connectivity index (χ3n) is 6.24. The van der Waals surface area contributed by atoms with E-state index in [0.717, 1.165) is 22.4 Å². The van der Waals surface area contributed by atoms with Crippen LogP contribution < -0.4 is 19.5 Å². The molecule has 1 aromatic heterocycles. The van der Waals surface area contributed by atoms with Crippen LogP contribution in [0.4, 0.5) is 10.3 Å². The lowest BCUT2D eigenvalue weighted by Gasteiger charge is -2.39. The molecule has 2 aliphatic rings. The van der Waals surface area contributed by atoms with Crippen LogP contribution in [0.2, 0.25) is 0 Å². The molecule has 0 aliphatic carbocycles. The molecule has 6 rings (SSSR count). The predicted molar refractivity (Wildman–Crippen MR) is 124 cm³/mol. The number of hydrogen-bond acceptors (Lipinski definition) is 6. The van der Waals surface area contributed by atoms with Crippen molar-refractivity contribution in [2.24, 2.45) is 0 Å². The SMILES string of the molecule is COc1ccc([C@H]2Oc3ccccc3C3=C2[C@H](c2ccccc2F)n2ncnc2N3)c(OC)c1. The lowest BCUT2D eigenvalue weighted by molar-refractivity contribution is 0.217. The van der Waals surface area contributed by atoms with E-state index in [0.29, 0.717) is 28.8 Å². The highest BCUT2D eigenvalue weighted by Gasteiger charge is 2.42. The zero-order valence-electron chi connectivity index (χ0n) is 18.5. The van der Waals surface area contributed by atoms with E-state index in [1.54, 1.807) is 31.0 Å². The molecule has 3 aromatic carbocycles. The van der Waals surface area contributed by atoms with E-state index in [-0.39, 0.29) is 5.82 Å². The first-order valence-electron chi connectivity index (χ1n) is 10.8. The summed E-state index contributed by atoms with van der Waals surface area (Å²) in [4.78, 5) is 4.38. The zero-order valence-corrected chi connectivity index (χ0v) is 18.5. The van der Waals surface area contributed by atoms with Gasteiger partial charge in [-0.15, -0.1) is 0 Å². The largest absolute Gasteiger partial charge is 0.497 e. The normalized spacial score (nSPS) is 18.2. The van der Waals surface area contributed by atoms with Crippen LogP contribution in [-0.2, 0) is 0 Å². The molecule has 0 spiro atoms. The minimum absolute atomic E-state index is 0.331. The Morgan fingerprint density at radius 3 is 2.62 bits per heavy atom. The summed E-state index contributed by atoms with van der Waals surface area (Å²) in [5, 5.41) is 7.85. The Morgan fingerprint density at radius 2 is 1.79 bits per heavy atom. The fourth-order valence-corrected chi connectivity index (χ4v) is 4.71. The highest BCUT2D eigenvalue weighted by Crippen LogP contribution is 2.52. The van der Waals surface area contributed by atoms with Gasteiger partial charge < -0.3 is 19.5 Å². The number of methoxy groups -OCH3 is 2. The molecule has 2 aliphatic heterocycles. The summed E-state index contributed by atoms with van der Waals surface area (Å²) in [6.45, 7) is 0. The Hall–Kier alpha value is -4.33. The Balaban J connectivity index is 1.64. The average molecular weight is 456 g/mol. The molecule has 170 valence electrons. The Labute approximate surface area is 195 Å². The zero-order chi connectivity index (χ0) is 23.2. The van der Waals surface area contributed by atoms with Crippen LogP contribution in [0.1, 0.15) is 28.8 Å². The molecule has 34 heavy (non-hydrogen) atoms. The van der Waals surface area contributed by atoms with Gasteiger partial charge in [0.25, 0.3) is 0 Å². The predicted octanol–water partition coefficient (Wildman–Crippen LogP) is 4.99. The van der Waals surface area contributed by atoms with Gasteiger partial charge in [-0.3, -0.25) is 0 Å². The van der Waals surface area contributed by atoms with Crippen molar-refractivity contribution in [3.8, 4) is 17.2 Å². The number of rotatable bonds is 4. The Kier molecular flexibility index (Phi) is 4.72. The summed E-state index contributed by atoms with van der Waals surface area (Å²) < 4.78 is 34.6. The van der Waals surface area contributed by atoms with Crippen molar-refractivity contribution in [3.63, 3.8) is 0 Å². The van der Waals surface area contributed by atoms with Gasteiger partial charge in [0.2, 0.25) is 5.95 Å². The maximum atomic E-state index is 15.2. The second kappa shape index (κ2) is 7.91. The minimum Gasteiger partial charge on any atom is -0.497 e. The van der Waals surface area contributed by atoms with Gasteiger partial charge in [-0.25, -0.2) is 9.07 Å². The van der Waals surface area contributed by atoms with Gasteiger partial charge in [0.15, 0.2) is 6.10 Å². The van der Waals surface area contributed by atoms with Crippen LogP contribution in [0.5, 0.6) is 17.2 Å². The van der Waals surface area contributed by atoms with E-state index in [1.807, 2.05) is 48.5 Å². The number of aromatic nitrogens is 3. The van der Waals surface area contributed by atoms with Crippen LogP contribution in [-0.4, -0.2) is 29.0 Å². The molecule has 8 heteroatoms. The number of hydrogen-bond donors (Lipinski definition) is 1. The van der Waals surface area contributed by atoms with Gasteiger partial charge in [0.1, 0.15) is 35.4 Å². The maximum Gasteiger partial charge on any atom is 0.226 e. The van der Waals surface area contributed by atoms with Crippen LogP contribution in [0.25, 0.3) is 5.70 Å². The quantitative estimate of drug-likeness (QED) is 0.466. The standard InChI is InChI=1S/C26H21FN4O3/c1-32-15-11-12-18(21(13-15)33-2)25-22-23(17-8-4-6-10-20(17)34-25)30-26-28-14-29-31(26)24(22)16-7-3-5-9-19(16)27/h3-14,24-25H,1-2H3,(H,28,29,30)/t24-,25+/m0/s1. The van der Waals surface area contributed by atoms with Gasteiger partial charge in [-0.05, 0) is 30.3 Å².